The molecule has 11 nitrogen and oxygen atoms in total. The molecule has 3 aromatic carbocycles. The first-order chi connectivity index (χ1) is 23.2. The van der Waals surface area contributed by atoms with Gasteiger partial charge in [0.1, 0.15) is 17.5 Å². The van der Waals surface area contributed by atoms with E-state index in [4.69, 9.17) is 5.14 Å². The van der Waals surface area contributed by atoms with Crippen molar-refractivity contribution in [3.05, 3.63) is 84.1 Å². The van der Waals surface area contributed by atoms with Crippen LogP contribution in [0.2, 0.25) is 0 Å². The van der Waals surface area contributed by atoms with Gasteiger partial charge in [-0.1, -0.05) is 12.1 Å². The van der Waals surface area contributed by atoms with Crippen LogP contribution in [0, 0.1) is 11.6 Å². The number of hydrogen-bond donors (Lipinski definition) is 5. The number of alkyl halides is 3. The number of hydrogen-bond acceptors (Lipinski definition) is 8. The van der Waals surface area contributed by atoms with Gasteiger partial charge in [0.05, 0.1) is 26.6 Å². The minimum absolute atomic E-state index is 0.188. The third kappa shape index (κ3) is 9.41. The summed E-state index contributed by atoms with van der Waals surface area (Å²) in [5.41, 5.74) is -0.898. The molecule has 1 aliphatic rings. The van der Waals surface area contributed by atoms with Gasteiger partial charge in [-0.3, -0.25) is 10.0 Å². The summed E-state index contributed by atoms with van der Waals surface area (Å²) in [7, 11) is -0.891. The summed E-state index contributed by atoms with van der Waals surface area (Å²) in [6.45, 7) is 4.93. The van der Waals surface area contributed by atoms with E-state index in [2.05, 4.69) is 48.6 Å². The molecular weight excluding hydrogens is 669 g/mol. The molecule has 1 unspecified atom stereocenters. The Kier molecular flexibility index (Phi) is 10.7. The number of benzene rings is 3. The maximum atomic E-state index is 15.3. The fourth-order valence-electron chi connectivity index (χ4n) is 4.97. The summed E-state index contributed by atoms with van der Waals surface area (Å²) in [4.78, 5) is 26.4. The Labute approximate surface area is 279 Å². The highest BCUT2D eigenvalue weighted by atomic mass is 32.2. The lowest BCUT2D eigenvalue weighted by molar-refractivity contribution is -0.137. The average Bonchev–Trinajstić information content (AvgIpc) is 3.03. The highest BCUT2D eigenvalue weighted by Crippen LogP contribution is 2.33. The number of amides is 2. The molecule has 0 aliphatic carbocycles. The van der Waals surface area contributed by atoms with E-state index >= 15 is 4.39 Å². The Morgan fingerprint density at radius 3 is 2.41 bits per heavy atom. The van der Waals surface area contributed by atoms with Gasteiger partial charge in [-0.25, -0.2) is 22.8 Å². The molecule has 17 heteroatoms. The molecule has 0 radical (unpaired) electrons. The minimum Gasteiger partial charge on any atom is -0.368 e. The number of nitrogens with two attached hydrogens (primary N) is 1. The van der Waals surface area contributed by atoms with Crippen LogP contribution in [-0.4, -0.2) is 82.2 Å². The molecule has 1 aliphatic heterocycles. The van der Waals surface area contributed by atoms with E-state index in [0.717, 1.165) is 38.8 Å². The van der Waals surface area contributed by atoms with Crippen LogP contribution < -0.4 is 26.4 Å². The Morgan fingerprint density at radius 2 is 1.71 bits per heavy atom. The number of likely N-dealkylation sites (N-methyl/N-ethyl adjacent to an activating group) is 1. The lowest BCUT2D eigenvalue weighted by Gasteiger charge is -2.32. The first-order valence-corrected chi connectivity index (χ1v) is 16.7. The number of nitrogens with one attached hydrogen (secondary N) is 4. The van der Waals surface area contributed by atoms with Gasteiger partial charge < -0.3 is 26.2 Å². The Morgan fingerprint density at radius 1 is 0.980 bits per heavy atom. The first-order valence-electron chi connectivity index (χ1n) is 14.9. The summed E-state index contributed by atoms with van der Waals surface area (Å²) in [6, 6.07) is 10.8. The van der Waals surface area contributed by atoms with E-state index < -0.39 is 44.8 Å². The topological polar surface area (TPSA) is 141 Å². The van der Waals surface area contributed by atoms with Crippen molar-refractivity contribution in [1.82, 2.24) is 19.8 Å². The quantitative estimate of drug-likeness (QED) is 0.109. The largest absolute Gasteiger partial charge is 0.416 e. The predicted molar refractivity (Wildman–Crippen MR) is 181 cm³/mol. The second kappa shape index (κ2) is 14.7. The van der Waals surface area contributed by atoms with Crippen molar-refractivity contribution in [3.8, 4) is 11.1 Å². The average molecular weight is 704 g/mol. The van der Waals surface area contributed by atoms with Crippen LogP contribution in [0.4, 0.5) is 55.6 Å². The molecule has 2 amide bonds. The van der Waals surface area contributed by atoms with Crippen molar-refractivity contribution >= 4 is 50.4 Å². The van der Waals surface area contributed by atoms with Crippen molar-refractivity contribution in [3.63, 3.8) is 0 Å². The van der Waals surface area contributed by atoms with Crippen molar-refractivity contribution in [2.24, 2.45) is 5.14 Å². The van der Waals surface area contributed by atoms with E-state index in [-0.39, 0.29) is 11.6 Å². The summed E-state index contributed by atoms with van der Waals surface area (Å²) < 4.78 is 80.8. The number of halogens is 5. The van der Waals surface area contributed by atoms with E-state index in [1.165, 1.54) is 18.3 Å². The molecule has 1 aromatic heterocycles. The predicted octanol–water partition coefficient (Wildman–Crippen LogP) is 5.44. The van der Waals surface area contributed by atoms with Gasteiger partial charge in [-0.2, -0.15) is 18.2 Å². The third-order valence-corrected chi connectivity index (χ3v) is 8.72. The summed E-state index contributed by atoms with van der Waals surface area (Å²) in [5.74, 6) is 2.09. The number of anilines is 5. The van der Waals surface area contributed by atoms with Crippen LogP contribution in [0.25, 0.3) is 11.1 Å². The summed E-state index contributed by atoms with van der Waals surface area (Å²) >= 11 is 0. The number of carbonyl (C=O) groups is 1. The summed E-state index contributed by atoms with van der Waals surface area (Å²) in [6.07, 6.45) is -3.28. The van der Waals surface area contributed by atoms with Crippen molar-refractivity contribution < 1.29 is 31.0 Å². The molecular formula is C32H34F5N9O2S. The number of carbonyl (C=O) groups excluding carboxylic acids is 1. The maximum absolute atomic E-state index is 15.3. The fourth-order valence-corrected chi connectivity index (χ4v) is 5.60. The second-order valence-corrected chi connectivity index (χ2v) is 13.3. The number of aromatic nitrogens is 2. The highest BCUT2D eigenvalue weighted by molar-refractivity contribution is 7.98. The zero-order valence-electron chi connectivity index (χ0n) is 26.3. The zero-order valence-corrected chi connectivity index (χ0v) is 27.1. The van der Waals surface area contributed by atoms with E-state index in [1.54, 1.807) is 24.3 Å². The molecule has 49 heavy (non-hydrogen) atoms. The smallest absolute Gasteiger partial charge is 0.368 e. The Hall–Kier alpha value is -4.84. The zero-order chi connectivity index (χ0) is 35.3. The minimum atomic E-state index is -4.76. The molecule has 1 atom stereocenters. The van der Waals surface area contributed by atoms with Gasteiger partial charge in [-0.05, 0) is 67.0 Å². The molecule has 2 heterocycles. The van der Waals surface area contributed by atoms with Crippen LogP contribution >= 0.6 is 0 Å². The van der Waals surface area contributed by atoms with Gasteiger partial charge in [-0.15, -0.1) is 0 Å². The van der Waals surface area contributed by atoms with Crippen molar-refractivity contribution in [2.75, 3.05) is 67.6 Å². The number of nitrogens with zero attached hydrogens (tertiary/aromatic N) is 4. The fraction of sp³-hybridized carbons (Fsp3) is 0.250. The molecule has 0 spiro atoms. The molecule has 0 saturated carbocycles. The Balaban J connectivity index is 1.35. The lowest BCUT2D eigenvalue weighted by atomic mass is 10.1. The highest BCUT2D eigenvalue weighted by Gasteiger charge is 2.31. The molecule has 0 bridgehead atoms. The van der Waals surface area contributed by atoms with Crippen LogP contribution in [0.3, 0.4) is 0 Å². The maximum Gasteiger partial charge on any atom is 0.416 e. The van der Waals surface area contributed by atoms with E-state index in [0.29, 0.717) is 52.3 Å². The van der Waals surface area contributed by atoms with Gasteiger partial charge in [0.15, 0.2) is 0 Å². The number of urea groups is 1. The van der Waals surface area contributed by atoms with Gasteiger partial charge in [0.2, 0.25) is 5.95 Å². The van der Waals surface area contributed by atoms with Crippen LogP contribution in [-0.2, 0) is 15.9 Å². The monoisotopic (exact) mass is 703 g/mol. The first kappa shape index (κ1) is 35.5. The lowest BCUT2D eigenvalue weighted by Crippen LogP contribution is -2.45. The van der Waals surface area contributed by atoms with Crippen LogP contribution in [0.5, 0.6) is 0 Å². The molecule has 4 aromatic rings. The standard InChI is InChI=1S/C32H34F5N9O2S/c1-45-12-14-46(15-13-45)11-10-39-29-24(19-40-30(44-29)41-22-4-3-5-23(18-22)49(2,38)48)20-6-9-27(26(34)16-20)42-31(47)43-28-17-21(32(35,36)37)7-8-25(28)33/h3-9,16-19H,2,10-15H2,1H3,(H2,38,48)(H2,42,43,47)(H2,39,40,41,44). The molecule has 1 fully saturated rings. The normalized spacial score (nSPS) is 15.3. The Bertz CT molecular complexity index is 1930. The molecule has 1 saturated heterocycles. The molecule has 260 valence electrons. The number of rotatable bonds is 10. The molecule has 6 N–H and O–H groups in total. The van der Waals surface area contributed by atoms with Crippen molar-refractivity contribution in [1.29, 1.82) is 0 Å². The third-order valence-electron chi connectivity index (χ3n) is 7.66. The van der Waals surface area contributed by atoms with Gasteiger partial charge >= 0.3 is 12.2 Å². The van der Waals surface area contributed by atoms with Gasteiger partial charge in [0.25, 0.3) is 0 Å². The van der Waals surface area contributed by atoms with Crippen LogP contribution in [0.1, 0.15) is 5.56 Å². The van der Waals surface area contributed by atoms with Crippen molar-refractivity contribution in [2.45, 2.75) is 11.1 Å². The van der Waals surface area contributed by atoms with Crippen LogP contribution in [0.15, 0.2) is 71.8 Å². The molecule has 5 rings (SSSR count). The SMILES string of the molecule is C=S(N)(=O)c1cccc(Nc2ncc(-c3ccc(NC(=O)Nc4cc(C(F)(F)F)ccc4F)c(F)c3)c(NCCN3CCN(C)CC3)n2)c1. The van der Waals surface area contributed by atoms with E-state index in [1.807, 2.05) is 5.32 Å². The summed E-state index contributed by atoms with van der Waals surface area (Å²) in [5, 5.41) is 16.2. The van der Waals surface area contributed by atoms with Gasteiger partial charge in [0, 0.05) is 61.6 Å². The second-order valence-electron chi connectivity index (χ2n) is 11.4. The van der Waals surface area contributed by atoms with E-state index in [9.17, 15) is 26.6 Å². The number of piperazine rings is 1.